The molecule has 0 heterocycles. The van der Waals surface area contributed by atoms with Crippen molar-refractivity contribution in [3.8, 4) is 0 Å². The molecule has 0 aliphatic carbocycles. The molecule has 4 N–H and O–H groups in total. The molecule has 0 saturated carbocycles. The second-order valence-corrected chi connectivity index (χ2v) is 31.8. The molecule has 0 bridgehead atoms. The van der Waals surface area contributed by atoms with Crippen molar-refractivity contribution in [2.75, 3.05) is 5.90 Å². The molecule has 2 aromatic rings. The summed E-state index contributed by atoms with van der Waals surface area (Å²) in [6.07, 6.45) is 0. The Kier molecular flexibility index (Phi) is 7.08. The maximum absolute atomic E-state index is 12.4. The molecule has 31 heavy (non-hydrogen) atoms. The van der Waals surface area contributed by atoms with Crippen LogP contribution in [0.25, 0.3) is 0 Å². The fraction of sp³-hybridized carbons (Fsp3) is 0.0769. The van der Waals surface area contributed by atoms with Gasteiger partial charge in [-0.3, -0.25) is 0 Å². The molecule has 12 nitrogen and oxygen atoms in total. The van der Waals surface area contributed by atoms with Crippen LogP contribution in [0.2, 0.25) is 0 Å². The third kappa shape index (κ3) is 4.42. The summed E-state index contributed by atoms with van der Waals surface area (Å²) in [7, 11) is -23.7. The van der Waals surface area contributed by atoms with Gasteiger partial charge in [0.25, 0.3) is 0 Å². The van der Waals surface area contributed by atoms with Crippen LogP contribution in [0.3, 0.4) is 0 Å². The Morgan fingerprint density at radius 3 is 0.903 bits per heavy atom. The Balaban J connectivity index is 3.20. The van der Waals surface area contributed by atoms with Crippen molar-refractivity contribution in [1.29, 1.82) is 0 Å². The van der Waals surface area contributed by atoms with E-state index in [1.807, 2.05) is 0 Å². The first-order chi connectivity index (χ1) is 13.9. The number of hydrogen-bond donors (Lipinski definition) is 4. The Morgan fingerprint density at radius 2 is 0.710 bits per heavy atom. The molecule has 0 aliphatic heterocycles. The summed E-state index contributed by atoms with van der Waals surface area (Å²) in [5.41, 5.74) is -12.1. The van der Waals surface area contributed by atoms with Gasteiger partial charge in [-0.05, 0) is 0 Å². The first-order valence-electron chi connectivity index (χ1n) is 7.91. The van der Waals surface area contributed by atoms with Crippen LogP contribution >= 0.6 is 11.3 Å². The SMILES string of the molecule is O=S(=O)(O)[PH](C[PH](c1ccccc1)(S(=O)(=O)O)S(=O)(=O)O)(c1ccccc1)S(=O)(=O)O. The van der Waals surface area contributed by atoms with E-state index in [1.54, 1.807) is 0 Å². The van der Waals surface area contributed by atoms with E-state index in [0.717, 1.165) is 48.5 Å². The van der Waals surface area contributed by atoms with Crippen molar-refractivity contribution in [3.63, 3.8) is 0 Å². The van der Waals surface area contributed by atoms with E-state index in [-0.39, 0.29) is 0 Å². The van der Waals surface area contributed by atoms with Crippen LogP contribution in [0, 0.1) is 0 Å². The van der Waals surface area contributed by atoms with Crippen LogP contribution in [0.1, 0.15) is 0 Å². The van der Waals surface area contributed by atoms with Crippen LogP contribution < -0.4 is 10.6 Å². The van der Waals surface area contributed by atoms with E-state index < -0.39 is 66.8 Å². The second-order valence-electron chi connectivity index (χ2n) is 6.31. The third-order valence-corrected chi connectivity index (χ3v) is 39.6. The molecular weight excluding hydrogens is 538 g/mol. The molecule has 0 spiro atoms. The van der Waals surface area contributed by atoms with Gasteiger partial charge in [0.15, 0.2) is 0 Å². The van der Waals surface area contributed by atoms with Gasteiger partial charge in [0.2, 0.25) is 0 Å². The van der Waals surface area contributed by atoms with Gasteiger partial charge in [-0.2, -0.15) is 0 Å². The van der Waals surface area contributed by atoms with Crippen molar-refractivity contribution in [2.24, 2.45) is 0 Å². The third-order valence-electron chi connectivity index (χ3n) is 4.56. The Bertz CT molecular complexity index is 1210. The Morgan fingerprint density at radius 1 is 0.484 bits per heavy atom. The van der Waals surface area contributed by atoms with E-state index in [9.17, 15) is 51.9 Å². The van der Waals surface area contributed by atoms with E-state index in [4.69, 9.17) is 0 Å². The topological polar surface area (TPSA) is 217 Å². The molecule has 0 saturated heterocycles. The monoisotopic (exact) mass is 556 g/mol. The summed E-state index contributed by atoms with van der Waals surface area (Å²) in [6, 6.07) is 10.3. The van der Waals surface area contributed by atoms with Crippen LogP contribution in [-0.4, -0.2) is 57.8 Å². The molecule has 2 aromatic carbocycles. The zero-order valence-electron chi connectivity index (χ0n) is 15.2. The average molecular weight is 556 g/mol. The zero-order chi connectivity index (χ0) is 23.9. The van der Waals surface area contributed by atoms with Gasteiger partial charge in [-0.15, -0.1) is 0 Å². The van der Waals surface area contributed by atoms with Gasteiger partial charge < -0.3 is 0 Å². The van der Waals surface area contributed by atoms with Crippen LogP contribution in [0.4, 0.5) is 0 Å². The Labute approximate surface area is 179 Å². The van der Waals surface area contributed by atoms with E-state index in [0.29, 0.717) is 0 Å². The molecule has 0 amide bonds. The molecule has 0 atom stereocenters. The van der Waals surface area contributed by atoms with Crippen molar-refractivity contribution in [1.82, 2.24) is 0 Å². The van der Waals surface area contributed by atoms with Crippen LogP contribution in [0.15, 0.2) is 60.7 Å². The quantitative estimate of drug-likeness (QED) is 0.255. The summed E-state index contributed by atoms with van der Waals surface area (Å²) in [5.74, 6) is -1.98. The fourth-order valence-corrected chi connectivity index (χ4v) is 42.5. The molecular formula is C13H18O12P2S4. The minimum atomic E-state index is -6.07. The van der Waals surface area contributed by atoms with E-state index in [1.165, 1.54) is 12.1 Å². The van der Waals surface area contributed by atoms with Crippen molar-refractivity contribution in [2.45, 2.75) is 0 Å². The standard InChI is InChI=1S/C13H18O12P2S4/c14-28(15,16)26(29(17,18)19,12-7-3-1-4-8-12)11-27(30(20,21)22,31(23,24)25)13-9-5-2-6-10-13/h1-10,26-27H,11H2,(H,14,15,16)(H,17,18,19)(H,20,21,22)(H,23,24,25). The first kappa shape index (κ1) is 26.2. The normalized spacial score (nSPS) is 15.4. The van der Waals surface area contributed by atoms with E-state index in [2.05, 4.69) is 0 Å². The van der Waals surface area contributed by atoms with Crippen molar-refractivity contribution >= 4 is 60.9 Å². The summed E-state index contributed by atoms with van der Waals surface area (Å²) in [5, 5.41) is -1.58. The summed E-state index contributed by atoms with van der Waals surface area (Å²) in [6.45, 7) is 0. The molecule has 0 aliphatic rings. The molecule has 0 unspecified atom stereocenters. The fourth-order valence-electron chi connectivity index (χ4n) is 3.12. The number of benzene rings is 2. The number of rotatable bonds is 8. The molecule has 2 rings (SSSR count). The zero-order valence-corrected chi connectivity index (χ0v) is 20.4. The van der Waals surface area contributed by atoms with Crippen molar-refractivity contribution in [3.05, 3.63) is 60.7 Å². The molecule has 0 radical (unpaired) electrons. The van der Waals surface area contributed by atoms with Gasteiger partial charge in [-0.1, -0.05) is 0 Å². The average Bonchev–Trinajstić information content (AvgIpc) is 2.59. The van der Waals surface area contributed by atoms with Gasteiger partial charge in [0, 0.05) is 0 Å². The van der Waals surface area contributed by atoms with Crippen LogP contribution in [0.5, 0.6) is 0 Å². The summed E-state index contributed by atoms with van der Waals surface area (Å²) >= 11 is 0. The molecule has 0 aromatic heterocycles. The maximum atomic E-state index is 12.4. The molecule has 176 valence electrons. The summed E-state index contributed by atoms with van der Waals surface area (Å²) in [4.78, 5) is 0. The van der Waals surface area contributed by atoms with Gasteiger partial charge >= 0.3 is 179 Å². The van der Waals surface area contributed by atoms with E-state index >= 15 is 0 Å². The van der Waals surface area contributed by atoms with Crippen LogP contribution in [-0.2, 0) is 39.0 Å². The minimum absolute atomic E-state index is 0.792. The predicted molar refractivity (Wildman–Crippen MR) is 120 cm³/mol. The molecule has 18 heteroatoms. The second kappa shape index (κ2) is 8.37. The predicted octanol–water partition coefficient (Wildman–Crippen LogP) is 0.306. The summed E-state index contributed by atoms with van der Waals surface area (Å²) < 4.78 is 139. The first-order valence-corrected chi connectivity index (χ1v) is 21.0. The van der Waals surface area contributed by atoms with Gasteiger partial charge in [-0.25, -0.2) is 0 Å². The van der Waals surface area contributed by atoms with Gasteiger partial charge in [0.05, 0.1) is 0 Å². The Hall–Kier alpha value is -1.06. The molecule has 0 fully saturated rings. The number of hydrogen-bond acceptors (Lipinski definition) is 8. The van der Waals surface area contributed by atoms with Crippen molar-refractivity contribution < 1.29 is 51.9 Å². The van der Waals surface area contributed by atoms with Gasteiger partial charge in [0.1, 0.15) is 0 Å².